The first-order valence-corrected chi connectivity index (χ1v) is 10.6. The van der Waals surface area contributed by atoms with Crippen LogP contribution in [0.3, 0.4) is 0 Å². The number of hydrogen-bond donors (Lipinski definition) is 2. The Balaban J connectivity index is 1.91. The highest BCUT2D eigenvalue weighted by atomic mass is 32.1. The van der Waals surface area contributed by atoms with Crippen LogP contribution in [0.5, 0.6) is 5.75 Å². The number of rotatable bonds is 6. The van der Waals surface area contributed by atoms with E-state index in [0.29, 0.717) is 16.2 Å². The van der Waals surface area contributed by atoms with Crippen LogP contribution in [0.2, 0.25) is 0 Å². The van der Waals surface area contributed by atoms with E-state index in [4.69, 9.17) is 12.2 Å². The van der Waals surface area contributed by atoms with Gasteiger partial charge in [0.05, 0.1) is 6.21 Å². The van der Waals surface area contributed by atoms with Crippen molar-refractivity contribution < 1.29 is 5.11 Å². The average molecular weight is 424 g/mol. The molecule has 0 saturated heterocycles. The summed E-state index contributed by atoms with van der Waals surface area (Å²) in [4.78, 5) is 2.17. The van der Waals surface area contributed by atoms with Gasteiger partial charge in [0.2, 0.25) is 4.77 Å². The van der Waals surface area contributed by atoms with Crippen molar-refractivity contribution in [3.63, 3.8) is 0 Å². The van der Waals surface area contributed by atoms with E-state index in [1.54, 1.807) is 17.0 Å². The zero-order valence-corrected chi connectivity index (χ0v) is 19.0. The van der Waals surface area contributed by atoms with Crippen LogP contribution in [0.15, 0.2) is 47.6 Å². The van der Waals surface area contributed by atoms with Gasteiger partial charge in [0.15, 0.2) is 5.82 Å². The maximum absolute atomic E-state index is 10.4. The predicted octanol–water partition coefficient (Wildman–Crippen LogP) is 5.34. The second kappa shape index (κ2) is 8.83. The van der Waals surface area contributed by atoms with E-state index in [9.17, 15) is 5.11 Å². The van der Waals surface area contributed by atoms with Crippen LogP contribution in [0, 0.1) is 4.77 Å². The number of benzene rings is 2. The molecule has 0 atom stereocenters. The second-order valence-electron chi connectivity index (χ2n) is 8.15. The minimum absolute atomic E-state index is 0.0796. The van der Waals surface area contributed by atoms with Crippen molar-refractivity contribution in [3.05, 3.63) is 58.4 Å². The monoisotopic (exact) mass is 423 g/mol. The zero-order chi connectivity index (χ0) is 21.9. The molecule has 2 aromatic carbocycles. The van der Waals surface area contributed by atoms with Gasteiger partial charge in [-0.15, -0.1) is 0 Å². The highest BCUT2D eigenvalue weighted by Crippen LogP contribution is 2.26. The normalized spacial score (nSPS) is 11.9. The molecular weight excluding hydrogens is 394 g/mol. The summed E-state index contributed by atoms with van der Waals surface area (Å²) in [6.07, 6.45) is 1.60. The van der Waals surface area contributed by atoms with Crippen LogP contribution < -0.4 is 4.90 Å². The molecule has 2 N–H and O–H groups in total. The first-order chi connectivity index (χ1) is 14.2. The lowest BCUT2D eigenvalue weighted by Gasteiger charge is -2.21. The lowest BCUT2D eigenvalue weighted by molar-refractivity contribution is 0.474. The number of aromatic nitrogens is 3. The first kappa shape index (κ1) is 21.8. The van der Waals surface area contributed by atoms with Crippen LogP contribution in [-0.4, -0.2) is 39.3 Å². The molecule has 1 heterocycles. The summed E-state index contributed by atoms with van der Waals surface area (Å²) in [6.45, 7) is 12.5. The maximum atomic E-state index is 10.4. The van der Waals surface area contributed by atoms with E-state index in [1.165, 1.54) is 5.56 Å². The van der Waals surface area contributed by atoms with Gasteiger partial charge in [0, 0.05) is 36.0 Å². The van der Waals surface area contributed by atoms with Crippen LogP contribution in [0.1, 0.15) is 45.7 Å². The number of phenols is 1. The largest absolute Gasteiger partial charge is 0.507 e. The van der Waals surface area contributed by atoms with Crippen molar-refractivity contribution in [2.24, 2.45) is 5.10 Å². The summed E-state index contributed by atoms with van der Waals surface area (Å²) in [5.41, 5.74) is 3.83. The molecule has 0 spiro atoms. The van der Waals surface area contributed by atoms with Gasteiger partial charge in [-0.1, -0.05) is 45.0 Å². The Morgan fingerprint density at radius 2 is 1.80 bits per heavy atom. The van der Waals surface area contributed by atoms with E-state index in [0.717, 1.165) is 24.3 Å². The first-order valence-electron chi connectivity index (χ1n) is 10.1. The summed E-state index contributed by atoms with van der Waals surface area (Å²) in [6, 6.07) is 13.8. The predicted molar refractivity (Wildman–Crippen MR) is 126 cm³/mol. The summed E-state index contributed by atoms with van der Waals surface area (Å²) in [5, 5.41) is 22.1. The van der Waals surface area contributed by atoms with Gasteiger partial charge in [-0.3, -0.25) is 0 Å². The van der Waals surface area contributed by atoms with Crippen molar-refractivity contribution in [1.82, 2.24) is 14.9 Å². The van der Waals surface area contributed by atoms with Crippen LogP contribution in [0.25, 0.3) is 11.4 Å². The molecule has 30 heavy (non-hydrogen) atoms. The minimum atomic E-state index is 0.0796. The highest BCUT2D eigenvalue weighted by molar-refractivity contribution is 7.71. The number of hydrogen-bond acceptors (Lipinski definition) is 5. The Hall–Kier alpha value is -2.93. The van der Waals surface area contributed by atoms with Crippen molar-refractivity contribution >= 4 is 24.1 Å². The van der Waals surface area contributed by atoms with E-state index in [1.807, 2.05) is 24.3 Å². The lowest BCUT2D eigenvalue weighted by atomic mass is 9.87. The fourth-order valence-electron chi connectivity index (χ4n) is 3.25. The van der Waals surface area contributed by atoms with Gasteiger partial charge in [0.25, 0.3) is 0 Å². The quantitative estimate of drug-likeness (QED) is 0.415. The summed E-state index contributed by atoms with van der Waals surface area (Å²) in [5.74, 6) is 0.796. The summed E-state index contributed by atoms with van der Waals surface area (Å²) < 4.78 is 1.96. The molecule has 0 aliphatic heterocycles. The SMILES string of the molecule is CCN(CC)c1ccc(/C=N/n2c(-c3ccc(C(C)(C)C)cc3)n[nH]c2=S)c(O)c1. The average Bonchev–Trinajstić information content (AvgIpc) is 3.08. The highest BCUT2D eigenvalue weighted by Gasteiger charge is 2.15. The number of nitrogens with zero attached hydrogens (tertiary/aromatic N) is 4. The smallest absolute Gasteiger partial charge is 0.216 e. The van der Waals surface area contributed by atoms with Crippen molar-refractivity contribution in [3.8, 4) is 17.1 Å². The number of phenolic OH excluding ortho intramolecular Hbond substituents is 1. The Bertz CT molecular complexity index is 1090. The molecule has 0 aliphatic rings. The summed E-state index contributed by atoms with van der Waals surface area (Å²) >= 11 is 5.35. The fourth-order valence-corrected chi connectivity index (χ4v) is 3.43. The molecule has 3 aromatic rings. The lowest BCUT2D eigenvalue weighted by Crippen LogP contribution is -2.21. The maximum Gasteiger partial charge on any atom is 0.216 e. The minimum Gasteiger partial charge on any atom is -0.507 e. The number of aromatic hydroxyl groups is 1. The third kappa shape index (κ3) is 4.62. The van der Waals surface area contributed by atoms with Crippen LogP contribution in [-0.2, 0) is 5.41 Å². The van der Waals surface area contributed by atoms with Gasteiger partial charge in [-0.25, -0.2) is 5.10 Å². The number of aromatic amines is 1. The molecule has 0 bridgehead atoms. The molecule has 3 rings (SSSR count). The van der Waals surface area contributed by atoms with Gasteiger partial charge in [-0.2, -0.15) is 14.9 Å². The van der Waals surface area contributed by atoms with E-state index in [-0.39, 0.29) is 11.2 Å². The molecular formula is C23H29N5OS. The summed E-state index contributed by atoms with van der Waals surface area (Å²) in [7, 11) is 0. The van der Waals surface area contributed by atoms with E-state index in [2.05, 4.69) is 67.0 Å². The Labute approximate surface area is 182 Å². The molecule has 0 saturated carbocycles. The molecule has 0 aliphatic carbocycles. The topological polar surface area (TPSA) is 69.4 Å². The van der Waals surface area contributed by atoms with Crippen molar-refractivity contribution in [2.45, 2.75) is 40.0 Å². The van der Waals surface area contributed by atoms with Crippen LogP contribution >= 0.6 is 12.2 Å². The number of nitrogens with one attached hydrogen (secondary N) is 1. The standard InChI is InChI=1S/C23H29N5OS/c1-6-27(7-2)19-13-10-17(20(29)14-19)15-24-28-21(25-26-22(28)30)16-8-11-18(12-9-16)23(3,4)5/h8-15,29H,6-7H2,1-5H3,(H,26,30)/b24-15+. The van der Waals surface area contributed by atoms with Gasteiger partial charge in [0.1, 0.15) is 5.75 Å². The third-order valence-electron chi connectivity index (χ3n) is 5.11. The van der Waals surface area contributed by atoms with Gasteiger partial charge >= 0.3 is 0 Å². The molecule has 0 radical (unpaired) electrons. The molecule has 158 valence electrons. The van der Waals surface area contributed by atoms with Crippen molar-refractivity contribution in [2.75, 3.05) is 18.0 Å². The fraction of sp³-hybridized carbons (Fsp3) is 0.348. The third-order valence-corrected chi connectivity index (χ3v) is 5.38. The Kier molecular flexibility index (Phi) is 6.41. The number of anilines is 1. The Morgan fingerprint density at radius 1 is 1.13 bits per heavy atom. The van der Waals surface area contributed by atoms with E-state index >= 15 is 0 Å². The molecule has 7 heteroatoms. The van der Waals surface area contributed by atoms with Crippen LogP contribution in [0.4, 0.5) is 5.69 Å². The molecule has 1 aromatic heterocycles. The Morgan fingerprint density at radius 3 is 2.37 bits per heavy atom. The number of H-pyrrole nitrogens is 1. The molecule has 0 fully saturated rings. The van der Waals surface area contributed by atoms with Gasteiger partial charge in [-0.05, 0) is 49.2 Å². The van der Waals surface area contributed by atoms with E-state index < -0.39 is 0 Å². The second-order valence-corrected chi connectivity index (χ2v) is 8.54. The molecule has 0 amide bonds. The van der Waals surface area contributed by atoms with Crippen molar-refractivity contribution in [1.29, 1.82) is 0 Å². The zero-order valence-electron chi connectivity index (χ0n) is 18.2. The molecule has 0 unspecified atom stereocenters. The molecule has 6 nitrogen and oxygen atoms in total. The van der Waals surface area contributed by atoms with Gasteiger partial charge < -0.3 is 10.0 Å².